The normalized spacial score (nSPS) is 24.1. The van der Waals surface area contributed by atoms with Crippen molar-refractivity contribution in [2.24, 2.45) is 0 Å². The van der Waals surface area contributed by atoms with E-state index in [1.54, 1.807) is 0 Å². The van der Waals surface area contributed by atoms with Gasteiger partial charge in [-0.15, -0.1) is 0 Å². The molecule has 0 aromatic heterocycles. The zero-order chi connectivity index (χ0) is 26.1. The molecule has 1 aromatic carbocycles. The van der Waals surface area contributed by atoms with Gasteiger partial charge < -0.3 is 50.4 Å². The summed E-state index contributed by atoms with van der Waals surface area (Å²) in [6.45, 7) is 3.66. The summed E-state index contributed by atoms with van der Waals surface area (Å²) in [5.41, 5.74) is 0.483. The topological polar surface area (TPSA) is 204 Å². The number of amides is 2. The molecule has 2 amide bonds. The second kappa shape index (κ2) is 13.3. The van der Waals surface area contributed by atoms with Gasteiger partial charge in [0.2, 0.25) is 18.1 Å². The van der Waals surface area contributed by atoms with Crippen LogP contribution in [0.3, 0.4) is 0 Å². The molecule has 0 aliphatic carbocycles. The van der Waals surface area contributed by atoms with Crippen LogP contribution in [0, 0.1) is 0 Å². The largest absolute Gasteiger partial charge is 0.479 e. The van der Waals surface area contributed by atoms with Gasteiger partial charge in [-0.05, 0) is 31.5 Å². The number of carbonyl (C=O) groups is 3. The Balaban J connectivity index is 2.02. The number of carboxylic acid groups (broad SMARTS) is 1. The summed E-state index contributed by atoms with van der Waals surface area (Å²) < 4.78 is 15.9. The van der Waals surface area contributed by atoms with Crippen molar-refractivity contribution in [2.75, 3.05) is 18.5 Å². The van der Waals surface area contributed by atoms with Crippen LogP contribution in [0.25, 0.3) is 0 Å². The second-order valence-electron chi connectivity index (χ2n) is 8.16. The summed E-state index contributed by atoms with van der Waals surface area (Å²) in [7, 11) is 0. The maximum atomic E-state index is 12.4. The molecule has 0 bridgehead atoms. The SMILES string of the molecule is CC(C)OCCC(=O)NCCC(=O)Nc1cc(CO)ccc1O[C@@H]1O[C@H](C(=O)O)[C@@H](O)[C@H](O)[C@H]1O. The third kappa shape index (κ3) is 8.42. The van der Waals surface area contributed by atoms with Crippen LogP contribution in [0.4, 0.5) is 5.69 Å². The Morgan fingerprint density at radius 3 is 2.40 bits per heavy atom. The van der Waals surface area contributed by atoms with Gasteiger partial charge >= 0.3 is 5.97 Å². The Labute approximate surface area is 201 Å². The van der Waals surface area contributed by atoms with E-state index in [-0.39, 0.29) is 56.0 Å². The molecular weight excluding hydrogens is 468 g/mol. The minimum atomic E-state index is -1.88. The van der Waals surface area contributed by atoms with Crippen LogP contribution in [-0.4, -0.2) is 93.3 Å². The molecule has 1 saturated heterocycles. The molecule has 1 aliphatic rings. The molecule has 0 spiro atoms. The zero-order valence-corrected chi connectivity index (χ0v) is 19.4. The highest BCUT2D eigenvalue weighted by atomic mass is 16.7. The minimum absolute atomic E-state index is 0.00291. The first kappa shape index (κ1) is 28.4. The predicted molar refractivity (Wildman–Crippen MR) is 119 cm³/mol. The average molecular weight is 501 g/mol. The molecule has 13 nitrogen and oxygen atoms in total. The molecule has 5 atom stereocenters. The average Bonchev–Trinajstić information content (AvgIpc) is 2.79. The van der Waals surface area contributed by atoms with E-state index in [9.17, 15) is 39.9 Å². The van der Waals surface area contributed by atoms with Crippen LogP contribution < -0.4 is 15.4 Å². The summed E-state index contributed by atoms with van der Waals surface area (Å²) in [4.78, 5) is 35.5. The predicted octanol–water partition coefficient (Wildman–Crippen LogP) is -1.29. The van der Waals surface area contributed by atoms with Gasteiger partial charge in [0.05, 0.1) is 25.0 Å². The van der Waals surface area contributed by atoms with Gasteiger partial charge in [0.25, 0.3) is 0 Å². The summed E-state index contributed by atoms with van der Waals surface area (Å²) in [5.74, 6) is -2.41. The maximum absolute atomic E-state index is 12.4. The third-order valence-electron chi connectivity index (χ3n) is 5.01. The quantitative estimate of drug-likeness (QED) is 0.180. The van der Waals surface area contributed by atoms with E-state index in [0.29, 0.717) is 5.56 Å². The molecule has 1 fully saturated rings. The Morgan fingerprint density at radius 2 is 1.77 bits per heavy atom. The third-order valence-corrected chi connectivity index (χ3v) is 5.01. The number of aliphatic hydroxyl groups is 4. The first-order valence-electron chi connectivity index (χ1n) is 11.0. The molecule has 13 heteroatoms. The van der Waals surface area contributed by atoms with Crippen LogP contribution in [0.2, 0.25) is 0 Å². The Morgan fingerprint density at radius 1 is 1.06 bits per heavy atom. The number of aliphatic carboxylic acids is 1. The van der Waals surface area contributed by atoms with Crippen LogP contribution in [0.1, 0.15) is 32.3 Å². The molecule has 196 valence electrons. The number of carbonyl (C=O) groups excluding carboxylic acids is 2. The number of benzene rings is 1. The number of nitrogens with one attached hydrogen (secondary N) is 2. The molecule has 35 heavy (non-hydrogen) atoms. The van der Waals surface area contributed by atoms with E-state index < -0.39 is 42.6 Å². The lowest BCUT2D eigenvalue weighted by atomic mass is 9.99. The van der Waals surface area contributed by atoms with Gasteiger partial charge in [0, 0.05) is 19.4 Å². The van der Waals surface area contributed by atoms with Gasteiger partial charge in [-0.25, -0.2) is 4.79 Å². The highest BCUT2D eigenvalue weighted by Crippen LogP contribution is 2.31. The van der Waals surface area contributed by atoms with E-state index in [1.165, 1.54) is 18.2 Å². The first-order chi connectivity index (χ1) is 16.5. The monoisotopic (exact) mass is 500 g/mol. The maximum Gasteiger partial charge on any atom is 0.335 e. The number of rotatable bonds is 12. The lowest BCUT2D eigenvalue weighted by molar-refractivity contribution is -0.271. The number of ether oxygens (including phenoxy) is 3. The Hall–Kier alpha value is -2.81. The van der Waals surface area contributed by atoms with E-state index in [2.05, 4.69) is 10.6 Å². The molecule has 1 heterocycles. The van der Waals surface area contributed by atoms with Crippen molar-refractivity contribution in [1.82, 2.24) is 5.32 Å². The van der Waals surface area contributed by atoms with Gasteiger partial charge in [-0.2, -0.15) is 0 Å². The second-order valence-corrected chi connectivity index (χ2v) is 8.16. The van der Waals surface area contributed by atoms with Crippen molar-refractivity contribution in [2.45, 2.75) is 70.1 Å². The van der Waals surface area contributed by atoms with Crippen molar-refractivity contribution in [3.8, 4) is 5.75 Å². The molecule has 2 rings (SSSR count). The summed E-state index contributed by atoms with van der Waals surface area (Å²) in [6, 6.07) is 4.20. The van der Waals surface area contributed by atoms with Gasteiger partial charge in [-0.3, -0.25) is 9.59 Å². The number of carboxylic acids is 1. The van der Waals surface area contributed by atoms with E-state index in [1.807, 2.05) is 13.8 Å². The molecule has 0 unspecified atom stereocenters. The standard InChI is InChI=1S/C22H32N2O11/c1-11(2)33-8-6-15(26)23-7-5-16(27)24-13-9-12(10-25)3-4-14(13)34-22-19(30)17(28)18(29)20(35-22)21(31)32/h3-4,9,11,17-20,22,25,28-30H,5-8,10H2,1-2H3,(H,23,26)(H,24,27)(H,31,32)/t17-,18-,19+,20-,22+/m0/s1. The van der Waals surface area contributed by atoms with Crippen LogP contribution >= 0.6 is 0 Å². The van der Waals surface area contributed by atoms with Gasteiger partial charge in [-0.1, -0.05) is 6.07 Å². The van der Waals surface area contributed by atoms with Crippen molar-refractivity contribution in [3.05, 3.63) is 23.8 Å². The van der Waals surface area contributed by atoms with Crippen LogP contribution in [0.15, 0.2) is 18.2 Å². The van der Waals surface area contributed by atoms with Gasteiger partial charge in [0.15, 0.2) is 6.10 Å². The first-order valence-corrected chi connectivity index (χ1v) is 11.0. The fourth-order valence-electron chi connectivity index (χ4n) is 3.15. The van der Waals surface area contributed by atoms with E-state index in [4.69, 9.17) is 14.2 Å². The fraction of sp³-hybridized carbons (Fsp3) is 0.591. The molecule has 1 aliphatic heterocycles. The van der Waals surface area contributed by atoms with Crippen LogP contribution in [0.5, 0.6) is 5.75 Å². The number of aliphatic hydroxyl groups excluding tert-OH is 4. The number of anilines is 1. The lowest BCUT2D eigenvalue weighted by Crippen LogP contribution is -2.61. The lowest BCUT2D eigenvalue weighted by Gasteiger charge is -2.38. The van der Waals surface area contributed by atoms with E-state index >= 15 is 0 Å². The highest BCUT2D eigenvalue weighted by molar-refractivity contribution is 5.92. The Kier molecular flexibility index (Phi) is 10.8. The minimum Gasteiger partial charge on any atom is -0.479 e. The smallest absolute Gasteiger partial charge is 0.335 e. The highest BCUT2D eigenvalue weighted by Gasteiger charge is 2.48. The van der Waals surface area contributed by atoms with Crippen molar-refractivity contribution < 1.29 is 54.1 Å². The molecular formula is C22H32N2O11. The summed E-state index contributed by atoms with van der Waals surface area (Å²) >= 11 is 0. The summed E-state index contributed by atoms with van der Waals surface area (Å²) in [5, 5.41) is 53.7. The van der Waals surface area contributed by atoms with Crippen molar-refractivity contribution in [3.63, 3.8) is 0 Å². The molecule has 1 aromatic rings. The number of hydrogen-bond donors (Lipinski definition) is 7. The number of hydrogen-bond acceptors (Lipinski definition) is 10. The molecule has 7 N–H and O–H groups in total. The fourth-order valence-corrected chi connectivity index (χ4v) is 3.15. The molecule has 0 saturated carbocycles. The van der Waals surface area contributed by atoms with E-state index in [0.717, 1.165) is 0 Å². The molecule has 0 radical (unpaired) electrons. The summed E-state index contributed by atoms with van der Waals surface area (Å²) in [6.07, 6.45) is -9.02. The Bertz CT molecular complexity index is 879. The van der Waals surface area contributed by atoms with Gasteiger partial charge in [0.1, 0.15) is 24.1 Å². The van der Waals surface area contributed by atoms with Crippen molar-refractivity contribution in [1.29, 1.82) is 0 Å². The van der Waals surface area contributed by atoms with Crippen molar-refractivity contribution >= 4 is 23.5 Å². The zero-order valence-electron chi connectivity index (χ0n) is 19.4. The van der Waals surface area contributed by atoms with Crippen LogP contribution in [-0.2, 0) is 30.5 Å².